The fourth-order valence-corrected chi connectivity index (χ4v) is 2.65. The quantitative estimate of drug-likeness (QED) is 0.857. The Kier molecular flexibility index (Phi) is 5.31. The molecular formula is C17H18F3NO3. The molecule has 0 aromatic heterocycles. The van der Waals surface area contributed by atoms with Gasteiger partial charge in [0.1, 0.15) is 0 Å². The number of benzene rings is 1. The predicted octanol–water partition coefficient (Wildman–Crippen LogP) is 3.43. The standard InChI is InChI=1S/C17H18F3NO3/c1-11(13-3-2-4-14(10-13)17(18,19)20)9-15(22)21-7-5-12(6-8-21)16(23)24/h2-4,9-10,12H,5-8H2,1H3,(H,23,24)/b11-9-. The maximum absolute atomic E-state index is 12.7. The van der Waals surface area contributed by atoms with E-state index in [-0.39, 0.29) is 5.91 Å². The highest BCUT2D eigenvalue weighted by Gasteiger charge is 2.30. The Morgan fingerprint density at radius 2 is 1.88 bits per heavy atom. The number of carbonyl (C=O) groups is 2. The molecular weight excluding hydrogens is 323 g/mol. The van der Waals surface area contributed by atoms with Gasteiger partial charge in [-0.1, -0.05) is 12.1 Å². The molecule has 0 aliphatic carbocycles. The maximum Gasteiger partial charge on any atom is 0.416 e. The molecule has 0 spiro atoms. The van der Waals surface area contributed by atoms with Crippen molar-refractivity contribution in [1.82, 2.24) is 4.90 Å². The van der Waals surface area contributed by atoms with Crippen molar-refractivity contribution < 1.29 is 27.9 Å². The third-order valence-electron chi connectivity index (χ3n) is 4.14. The average molecular weight is 341 g/mol. The van der Waals surface area contributed by atoms with Gasteiger partial charge in [0.05, 0.1) is 11.5 Å². The number of aliphatic carboxylic acids is 1. The molecule has 0 radical (unpaired) electrons. The van der Waals surface area contributed by atoms with Gasteiger partial charge in [-0.25, -0.2) is 0 Å². The SMILES string of the molecule is C/C(=C/C(=O)N1CCC(C(=O)O)CC1)c1cccc(C(F)(F)F)c1. The smallest absolute Gasteiger partial charge is 0.416 e. The fourth-order valence-electron chi connectivity index (χ4n) is 2.65. The first-order valence-electron chi connectivity index (χ1n) is 7.56. The van der Waals surface area contributed by atoms with Crippen LogP contribution in [0.1, 0.15) is 30.9 Å². The average Bonchev–Trinajstić information content (AvgIpc) is 2.54. The van der Waals surface area contributed by atoms with Crippen LogP contribution in [-0.4, -0.2) is 35.0 Å². The number of allylic oxidation sites excluding steroid dienone is 1. The van der Waals surface area contributed by atoms with Crippen LogP contribution in [0.25, 0.3) is 5.57 Å². The second-order valence-electron chi connectivity index (χ2n) is 5.84. The van der Waals surface area contributed by atoms with Crippen LogP contribution in [0.3, 0.4) is 0 Å². The van der Waals surface area contributed by atoms with Gasteiger partial charge >= 0.3 is 12.1 Å². The predicted molar refractivity (Wildman–Crippen MR) is 82.0 cm³/mol. The second-order valence-corrected chi connectivity index (χ2v) is 5.84. The zero-order valence-electron chi connectivity index (χ0n) is 13.1. The molecule has 0 saturated carbocycles. The van der Waals surface area contributed by atoms with E-state index in [9.17, 15) is 22.8 Å². The van der Waals surface area contributed by atoms with Crippen LogP contribution in [0, 0.1) is 5.92 Å². The number of amides is 1. The number of rotatable bonds is 3. The number of hydrogen-bond donors (Lipinski definition) is 1. The van der Waals surface area contributed by atoms with Crippen molar-refractivity contribution in [3.05, 3.63) is 41.5 Å². The van der Waals surface area contributed by atoms with E-state index in [1.807, 2.05) is 0 Å². The Morgan fingerprint density at radius 1 is 1.25 bits per heavy atom. The van der Waals surface area contributed by atoms with Gasteiger partial charge in [-0.15, -0.1) is 0 Å². The molecule has 130 valence electrons. The van der Waals surface area contributed by atoms with Crippen molar-refractivity contribution in [2.24, 2.45) is 5.92 Å². The van der Waals surface area contributed by atoms with Crippen LogP contribution in [0.15, 0.2) is 30.3 Å². The molecule has 1 aromatic carbocycles. The molecule has 4 nitrogen and oxygen atoms in total. The molecule has 0 atom stereocenters. The van der Waals surface area contributed by atoms with Crippen molar-refractivity contribution in [3.8, 4) is 0 Å². The Hall–Kier alpha value is -2.31. The molecule has 1 N–H and O–H groups in total. The summed E-state index contributed by atoms with van der Waals surface area (Å²) >= 11 is 0. The highest BCUT2D eigenvalue weighted by atomic mass is 19.4. The summed E-state index contributed by atoms with van der Waals surface area (Å²) in [5.74, 6) is -1.62. The Labute approximate surface area is 137 Å². The first kappa shape index (κ1) is 18.0. The van der Waals surface area contributed by atoms with Gasteiger partial charge in [0, 0.05) is 19.2 Å². The number of alkyl halides is 3. The maximum atomic E-state index is 12.7. The van der Waals surface area contributed by atoms with Crippen LogP contribution < -0.4 is 0 Å². The monoisotopic (exact) mass is 341 g/mol. The Bertz CT molecular complexity index is 659. The molecule has 0 bridgehead atoms. The third-order valence-corrected chi connectivity index (χ3v) is 4.14. The van der Waals surface area contributed by atoms with E-state index in [0.717, 1.165) is 12.1 Å². The van der Waals surface area contributed by atoms with E-state index in [1.54, 1.807) is 6.92 Å². The molecule has 7 heteroatoms. The molecule has 0 unspecified atom stereocenters. The summed E-state index contributed by atoms with van der Waals surface area (Å²) in [5, 5.41) is 8.94. The summed E-state index contributed by atoms with van der Waals surface area (Å²) in [7, 11) is 0. The summed E-state index contributed by atoms with van der Waals surface area (Å²) < 4.78 is 38.2. The molecule has 1 aliphatic rings. The molecule has 1 saturated heterocycles. The van der Waals surface area contributed by atoms with Crippen molar-refractivity contribution in [2.45, 2.75) is 25.9 Å². The van der Waals surface area contributed by atoms with E-state index in [2.05, 4.69) is 0 Å². The summed E-state index contributed by atoms with van der Waals surface area (Å²) in [6, 6.07) is 4.81. The van der Waals surface area contributed by atoms with Gasteiger partial charge < -0.3 is 10.0 Å². The number of hydrogen-bond acceptors (Lipinski definition) is 2. The van der Waals surface area contributed by atoms with Crippen molar-refractivity contribution in [2.75, 3.05) is 13.1 Å². The highest BCUT2D eigenvalue weighted by molar-refractivity contribution is 5.95. The van der Waals surface area contributed by atoms with Gasteiger partial charge in [0.25, 0.3) is 0 Å². The lowest BCUT2D eigenvalue weighted by Crippen LogP contribution is -2.39. The molecule has 24 heavy (non-hydrogen) atoms. The Balaban J connectivity index is 2.08. The lowest BCUT2D eigenvalue weighted by Gasteiger charge is -2.29. The second kappa shape index (κ2) is 7.07. The number of carbonyl (C=O) groups excluding carboxylic acids is 1. The minimum Gasteiger partial charge on any atom is -0.481 e. The number of piperidine rings is 1. The lowest BCUT2D eigenvalue weighted by molar-refractivity contribution is -0.145. The van der Waals surface area contributed by atoms with E-state index in [0.29, 0.717) is 37.1 Å². The van der Waals surface area contributed by atoms with Gasteiger partial charge in [-0.3, -0.25) is 9.59 Å². The molecule has 1 amide bonds. The van der Waals surface area contributed by atoms with Crippen LogP contribution in [0.2, 0.25) is 0 Å². The van der Waals surface area contributed by atoms with E-state index < -0.39 is 23.6 Å². The fraction of sp³-hybridized carbons (Fsp3) is 0.412. The number of carboxylic acid groups (broad SMARTS) is 1. The lowest BCUT2D eigenvalue weighted by atomic mass is 9.97. The zero-order valence-corrected chi connectivity index (χ0v) is 13.1. The first-order chi connectivity index (χ1) is 11.2. The normalized spacial score (nSPS) is 17.0. The topological polar surface area (TPSA) is 57.6 Å². The summed E-state index contributed by atoms with van der Waals surface area (Å²) in [5.41, 5.74) is 0.00697. The van der Waals surface area contributed by atoms with Crippen molar-refractivity contribution in [3.63, 3.8) is 0 Å². The van der Waals surface area contributed by atoms with Gasteiger partial charge in [-0.2, -0.15) is 13.2 Å². The van der Waals surface area contributed by atoms with Crippen LogP contribution in [0.5, 0.6) is 0 Å². The molecule has 2 rings (SSSR count). The number of nitrogens with zero attached hydrogens (tertiary/aromatic N) is 1. The van der Waals surface area contributed by atoms with Crippen molar-refractivity contribution in [1.29, 1.82) is 0 Å². The summed E-state index contributed by atoms with van der Waals surface area (Å²) in [6.07, 6.45) is -2.36. The molecule has 1 heterocycles. The third kappa shape index (κ3) is 4.37. The molecule has 1 aromatic rings. The molecule has 1 fully saturated rings. The number of halogens is 3. The summed E-state index contributed by atoms with van der Waals surface area (Å²) in [4.78, 5) is 24.6. The van der Waals surface area contributed by atoms with Crippen LogP contribution in [0.4, 0.5) is 13.2 Å². The van der Waals surface area contributed by atoms with Crippen LogP contribution in [-0.2, 0) is 15.8 Å². The first-order valence-corrected chi connectivity index (χ1v) is 7.56. The molecule has 1 aliphatic heterocycles. The van der Waals surface area contributed by atoms with E-state index in [1.165, 1.54) is 23.1 Å². The summed E-state index contributed by atoms with van der Waals surface area (Å²) in [6.45, 7) is 2.25. The largest absolute Gasteiger partial charge is 0.481 e. The number of likely N-dealkylation sites (tertiary alicyclic amines) is 1. The van der Waals surface area contributed by atoms with E-state index in [4.69, 9.17) is 5.11 Å². The highest BCUT2D eigenvalue weighted by Crippen LogP contribution is 2.31. The van der Waals surface area contributed by atoms with E-state index >= 15 is 0 Å². The van der Waals surface area contributed by atoms with Crippen LogP contribution >= 0.6 is 0 Å². The number of carboxylic acids is 1. The van der Waals surface area contributed by atoms with Gasteiger partial charge in [0.2, 0.25) is 5.91 Å². The Morgan fingerprint density at radius 3 is 2.42 bits per heavy atom. The minimum absolute atomic E-state index is 0.311. The van der Waals surface area contributed by atoms with Gasteiger partial charge in [0.15, 0.2) is 0 Å². The van der Waals surface area contributed by atoms with Crippen molar-refractivity contribution >= 4 is 17.4 Å². The van der Waals surface area contributed by atoms with Gasteiger partial charge in [-0.05, 0) is 43.0 Å². The minimum atomic E-state index is -4.43. The zero-order chi connectivity index (χ0) is 17.9.